The maximum atomic E-state index is 15.1. The largest absolute Gasteiger partial charge is 0.453 e. The molecule has 1 N–H and O–H groups in total. The molecule has 2 amide bonds. The van der Waals surface area contributed by atoms with E-state index >= 15 is 4.39 Å². The number of hydrogen-bond donors (Lipinski definition) is 1. The fourth-order valence-corrected chi connectivity index (χ4v) is 11.7. The molecule has 1 unspecified atom stereocenters. The Labute approximate surface area is 325 Å². The van der Waals surface area contributed by atoms with E-state index in [0.29, 0.717) is 32.0 Å². The summed E-state index contributed by atoms with van der Waals surface area (Å²) >= 11 is 0. The van der Waals surface area contributed by atoms with Crippen LogP contribution in [0.25, 0.3) is 0 Å². The van der Waals surface area contributed by atoms with Gasteiger partial charge in [0.1, 0.15) is 11.4 Å². The number of nitrogens with one attached hydrogen (secondary N) is 1. The molecule has 0 bridgehead atoms. The molecule has 4 heterocycles. The van der Waals surface area contributed by atoms with Crippen LogP contribution in [0.2, 0.25) is 0 Å². The van der Waals surface area contributed by atoms with Gasteiger partial charge in [-0.15, -0.1) is 0 Å². The summed E-state index contributed by atoms with van der Waals surface area (Å²) in [7, 11) is -0.388. The second-order valence-corrected chi connectivity index (χ2v) is 18.4. The van der Waals surface area contributed by atoms with Crippen molar-refractivity contribution in [2.24, 2.45) is 11.8 Å². The van der Waals surface area contributed by atoms with Crippen molar-refractivity contribution < 1.29 is 31.9 Å². The molecule has 5 fully saturated rings. The third-order valence-corrected chi connectivity index (χ3v) is 15.1. The number of sulfone groups is 1. The van der Waals surface area contributed by atoms with Crippen molar-refractivity contribution in [3.8, 4) is 11.8 Å². The first-order valence-electron chi connectivity index (χ1n) is 19.9. The van der Waals surface area contributed by atoms with E-state index in [1.54, 1.807) is 37.1 Å². The average molecular weight is 778 g/mol. The number of ether oxygens (including phenoxy) is 2. The normalized spacial score (nSPS) is 25.4. The monoisotopic (exact) mass is 777 g/mol. The number of amides is 2. The van der Waals surface area contributed by atoms with Crippen molar-refractivity contribution in [3.05, 3.63) is 59.9 Å². The predicted molar refractivity (Wildman–Crippen MR) is 209 cm³/mol. The molecule has 0 aromatic heterocycles. The molecule has 1 saturated carbocycles. The minimum atomic E-state index is -3.57. The third kappa shape index (κ3) is 8.11. The van der Waals surface area contributed by atoms with E-state index in [-0.39, 0.29) is 51.4 Å². The van der Waals surface area contributed by atoms with Gasteiger partial charge < -0.3 is 34.4 Å². The van der Waals surface area contributed by atoms with Crippen molar-refractivity contribution in [2.75, 3.05) is 83.8 Å². The van der Waals surface area contributed by atoms with Crippen LogP contribution < -0.4 is 10.2 Å². The number of nitrogens with zero attached hydrogens (tertiary/aromatic N) is 4. The number of piperidine rings is 1. The van der Waals surface area contributed by atoms with Crippen LogP contribution in [-0.2, 0) is 29.5 Å². The molecule has 13 heteroatoms. The van der Waals surface area contributed by atoms with Gasteiger partial charge in [0.2, 0.25) is 0 Å². The Morgan fingerprint density at radius 1 is 0.945 bits per heavy atom. The summed E-state index contributed by atoms with van der Waals surface area (Å²) < 4.78 is 52.8. The van der Waals surface area contributed by atoms with Gasteiger partial charge in [0.05, 0.1) is 30.8 Å². The topological polar surface area (TPSA) is 112 Å². The van der Waals surface area contributed by atoms with Crippen molar-refractivity contribution in [2.45, 2.75) is 79.9 Å². The van der Waals surface area contributed by atoms with Gasteiger partial charge in [-0.3, -0.25) is 4.79 Å². The van der Waals surface area contributed by atoms with Gasteiger partial charge in [-0.1, -0.05) is 24.5 Å². The number of hydrogen-bond acceptors (Lipinski definition) is 9. The van der Waals surface area contributed by atoms with Gasteiger partial charge in [-0.05, 0) is 131 Å². The van der Waals surface area contributed by atoms with Crippen LogP contribution in [0.3, 0.4) is 0 Å². The standard InChI is InChI=1S/C42H56FN5O6S/c1-4-8-39(49)48-24-19-35(48)26-55(51,52)36-15-13-34(14-16-36)47-28-41(29-47,54-3)27-46-22-17-31(18-23-46)42(30-45-20-7-21-45,32-9-5-10-33(43)25-32)37-11-6-12-38(37)44-40(50)53-2/h5,9-10,13-16,25,31,35,37-38H,6-7,11-12,17-24,26-30H2,1-3H3,(H,44,50)/t35-,37+,38+,42?/m1/s1. The Bertz CT molecular complexity index is 1870. The van der Waals surface area contributed by atoms with Gasteiger partial charge in [0.15, 0.2) is 9.84 Å². The average Bonchev–Trinajstić information content (AvgIpc) is 3.60. The molecule has 0 radical (unpaired) electrons. The number of benzene rings is 2. The van der Waals surface area contributed by atoms with Crippen molar-refractivity contribution in [3.63, 3.8) is 0 Å². The number of alkyl carbamates (subject to hydrolysis) is 1. The van der Waals surface area contributed by atoms with Crippen molar-refractivity contribution in [1.82, 2.24) is 20.0 Å². The number of likely N-dealkylation sites (tertiary alicyclic amines) is 3. The maximum absolute atomic E-state index is 15.1. The fourth-order valence-electron chi connectivity index (χ4n) is 10.2. The van der Waals surface area contributed by atoms with Crippen LogP contribution in [-0.4, -0.2) is 132 Å². The quantitative estimate of drug-likeness (QED) is 0.298. The molecule has 2 aromatic rings. The molecule has 7 rings (SSSR count). The highest BCUT2D eigenvalue weighted by Crippen LogP contribution is 2.51. The van der Waals surface area contributed by atoms with E-state index < -0.39 is 15.9 Å². The summed E-state index contributed by atoms with van der Waals surface area (Å²) in [5, 5.41) is 3.18. The lowest BCUT2D eigenvalue weighted by molar-refractivity contribution is -0.131. The van der Waals surface area contributed by atoms with Crippen molar-refractivity contribution in [1.29, 1.82) is 0 Å². The number of methoxy groups -OCH3 is 2. The number of carbonyl (C=O) groups is 2. The fraction of sp³-hybridized carbons (Fsp3) is 0.619. The van der Waals surface area contributed by atoms with Gasteiger partial charge in [0, 0.05) is 49.9 Å². The first-order valence-corrected chi connectivity index (χ1v) is 21.6. The molecule has 4 aliphatic heterocycles. The van der Waals surface area contributed by atoms with E-state index in [1.165, 1.54) is 19.6 Å². The van der Waals surface area contributed by atoms with Crippen molar-refractivity contribution >= 4 is 27.5 Å². The maximum Gasteiger partial charge on any atom is 0.407 e. The lowest BCUT2D eigenvalue weighted by Crippen LogP contribution is -2.68. The van der Waals surface area contributed by atoms with Crippen LogP contribution in [0.4, 0.5) is 14.9 Å². The molecule has 298 valence electrons. The Morgan fingerprint density at radius 3 is 2.29 bits per heavy atom. The van der Waals surface area contributed by atoms with E-state index in [2.05, 4.69) is 37.9 Å². The summed E-state index contributed by atoms with van der Waals surface area (Å²) in [5.41, 5.74) is 1.32. The highest BCUT2D eigenvalue weighted by Gasteiger charge is 2.54. The highest BCUT2D eigenvalue weighted by molar-refractivity contribution is 7.91. The van der Waals surface area contributed by atoms with Crippen LogP contribution in [0.15, 0.2) is 53.4 Å². The molecular weight excluding hydrogens is 722 g/mol. The second-order valence-electron chi connectivity index (χ2n) is 16.3. The number of carbonyl (C=O) groups excluding carboxylic acids is 2. The van der Waals surface area contributed by atoms with E-state index in [1.807, 2.05) is 18.2 Å². The highest BCUT2D eigenvalue weighted by atomic mass is 32.2. The summed E-state index contributed by atoms with van der Waals surface area (Å²) in [5.74, 6) is 4.93. The van der Waals surface area contributed by atoms with E-state index in [9.17, 15) is 18.0 Å². The lowest BCUT2D eigenvalue weighted by atomic mass is 9.57. The molecule has 0 spiro atoms. The summed E-state index contributed by atoms with van der Waals surface area (Å²) in [6, 6.07) is 13.9. The SMILES string of the molecule is CC#CC(=O)N1CC[C@@H]1CS(=O)(=O)c1ccc(N2CC(CN3CCC(C(CN4CCC4)(c4cccc(F)c4)[C@H]4CCC[C@@H]4NC(=O)OC)CC3)(OC)C2)cc1. The summed E-state index contributed by atoms with van der Waals surface area (Å²) in [4.78, 5) is 33.8. The zero-order valence-corrected chi connectivity index (χ0v) is 33.3. The van der Waals surface area contributed by atoms with Gasteiger partial charge in [0.25, 0.3) is 5.91 Å². The van der Waals surface area contributed by atoms with Gasteiger partial charge >= 0.3 is 6.09 Å². The lowest BCUT2D eigenvalue weighted by Gasteiger charge is -2.55. The number of halogens is 1. The van der Waals surface area contributed by atoms with E-state index in [4.69, 9.17) is 9.47 Å². The molecular formula is C42H56FN5O6S. The van der Waals surface area contributed by atoms with E-state index in [0.717, 1.165) is 82.6 Å². The first kappa shape index (κ1) is 39.5. The van der Waals surface area contributed by atoms with Crippen LogP contribution in [0.5, 0.6) is 0 Å². The number of rotatable bonds is 13. The predicted octanol–water partition coefficient (Wildman–Crippen LogP) is 4.31. The molecule has 11 nitrogen and oxygen atoms in total. The Morgan fingerprint density at radius 2 is 1.69 bits per heavy atom. The molecule has 4 atom stereocenters. The minimum Gasteiger partial charge on any atom is -0.453 e. The zero-order chi connectivity index (χ0) is 38.8. The summed E-state index contributed by atoms with van der Waals surface area (Å²) in [6.07, 6.45) is 6.22. The first-order chi connectivity index (χ1) is 26.5. The molecule has 55 heavy (non-hydrogen) atoms. The number of anilines is 1. The molecule has 1 aliphatic carbocycles. The van der Waals surface area contributed by atoms with Crippen LogP contribution >= 0.6 is 0 Å². The molecule has 4 saturated heterocycles. The second kappa shape index (κ2) is 16.4. The van der Waals surface area contributed by atoms with Crippen LogP contribution in [0.1, 0.15) is 57.4 Å². The molecule has 5 aliphatic rings. The third-order valence-electron chi connectivity index (χ3n) is 13.3. The minimum absolute atomic E-state index is 0.0356. The smallest absolute Gasteiger partial charge is 0.407 e. The Hall–Kier alpha value is -3.70. The Kier molecular flexibility index (Phi) is 11.8. The zero-order valence-electron chi connectivity index (χ0n) is 32.5. The summed E-state index contributed by atoms with van der Waals surface area (Å²) in [6.45, 7) is 9.04. The van der Waals surface area contributed by atoms with Crippen LogP contribution in [0, 0.1) is 29.5 Å². The molecule has 2 aromatic carbocycles. The Balaban J connectivity index is 1.01. The van der Waals surface area contributed by atoms with Gasteiger partial charge in [-0.25, -0.2) is 17.6 Å². The van der Waals surface area contributed by atoms with Gasteiger partial charge in [-0.2, -0.15) is 0 Å².